The van der Waals surface area contributed by atoms with E-state index in [9.17, 15) is 0 Å². The van der Waals surface area contributed by atoms with Crippen LogP contribution in [-0.2, 0) is 4.74 Å². The molecule has 0 aliphatic carbocycles. The summed E-state index contributed by atoms with van der Waals surface area (Å²) in [6.07, 6.45) is 3.71. The zero-order chi connectivity index (χ0) is 10.9. The first-order valence-electron chi connectivity index (χ1n) is 6.41. The number of rotatable bonds is 7. The maximum absolute atomic E-state index is 5.55. The van der Waals surface area contributed by atoms with Crippen molar-refractivity contribution in [2.45, 2.75) is 39.2 Å². The Kier molecular flexibility index (Phi) is 6.98. The van der Waals surface area contributed by atoms with Gasteiger partial charge in [0.25, 0.3) is 0 Å². The molecule has 0 radical (unpaired) electrons. The van der Waals surface area contributed by atoms with Crippen molar-refractivity contribution in [2.75, 3.05) is 39.4 Å². The van der Waals surface area contributed by atoms with Crippen molar-refractivity contribution in [1.82, 2.24) is 10.2 Å². The predicted octanol–water partition coefficient (Wildman–Crippen LogP) is 1.49. The lowest BCUT2D eigenvalue weighted by atomic mass is 10.1. The lowest BCUT2D eigenvalue weighted by Crippen LogP contribution is -2.44. The molecule has 1 saturated heterocycles. The van der Waals surface area contributed by atoms with Gasteiger partial charge in [0.05, 0.1) is 6.61 Å². The summed E-state index contributed by atoms with van der Waals surface area (Å²) in [5.74, 6) is 0. The molecule has 0 aromatic heterocycles. The fourth-order valence-electron chi connectivity index (χ4n) is 2.20. The van der Waals surface area contributed by atoms with Crippen molar-refractivity contribution in [3.05, 3.63) is 0 Å². The lowest BCUT2D eigenvalue weighted by molar-refractivity contribution is 0.0813. The van der Waals surface area contributed by atoms with Crippen LogP contribution < -0.4 is 5.32 Å². The molecule has 90 valence electrons. The summed E-state index contributed by atoms with van der Waals surface area (Å²) in [6, 6.07) is 0.779. The average Bonchev–Trinajstić information content (AvgIpc) is 2.30. The number of likely N-dealkylation sites (N-methyl/N-ethyl adjacent to an activating group) is 1. The Morgan fingerprint density at radius 1 is 1.20 bits per heavy atom. The average molecular weight is 214 g/mol. The molecule has 1 aliphatic rings. The van der Waals surface area contributed by atoms with Gasteiger partial charge in [0.2, 0.25) is 0 Å². The molecule has 0 aromatic rings. The van der Waals surface area contributed by atoms with Gasteiger partial charge in [0, 0.05) is 19.2 Å². The van der Waals surface area contributed by atoms with E-state index in [0.29, 0.717) is 0 Å². The molecule has 15 heavy (non-hydrogen) atoms. The number of nitrogens with one attached hydrogen (secondary N) is 1. The SMILES string of the molecule is CCCOCCN(CC)C1CCNCC1. The molecular weight excluding hydrogens is 188 g/mol. The first-order chi connectivity index (χ1) is 7.38. The molecule has 0 unspecified atom stereocenters. The topological polar surface area (TPSA) is 24.5 Å². The summed E-state index contributed by atoms with van der Waals surface area (Å²) in [6.45, 7) is 10.8. The van der Waals surface area contributed by atoms with Crippen LogP contribution in [0.3, 0.4) is 0 Å². The quantitative estimate of drug-likeness (QED) is 0.650. The van der Waals surface area contributed by atoms with Crippen LogP contribution >= 0.6 is 0 Å². The summed E-state index contributed by atoms with van der Waals surface area (Å²) in [7, 11) is 0. The Bertz CT molecular complexity index is 147. The van der Waals surface area contributed by atoms with Gasteiger partial charge in [-0.1, -0.05) is 13.8 Å². The van der Waals surface area contributed by atoms with Crippen molar-refractivity contribution in [3.8, 4) is 0 Å². The molecule has 0 amide bonds. The van der Waals surface area contributed by atoms with E-state index in [1.54, 1.807) is 0 Å². The molecule has 1 aliphatic heterocycles. The summed E-state index contributed by atoms with van der Waals surface area (Å²) >= 11 is 0. The third-order valence-electron chi connectivity index (χ3n) is 3.10. The van der Waals surface area contributed by atoms with Gasteiger partial charge in [0.1, 0.15) is 0 Å². The van der Waals surface area contributed by atoms with Crippen LogP contribution in [0.2, 0.25) is 0 Å². The van der Waals surface area contributed by atoms with Gasteiger partial charge in [-0.2, -0.15) is 0 Å². The molecular formula is C12H26N2O. The predicted molar refractivity (Wildman–Crippen MR) is 64.2 cm³/mol. The monoisotopic (exact) mass is 214 g/mol. The smallest absolute Gasteiger partial charge is 0.0593 e. The van der Waals surface area contributed by atoms with E-state index in [0.717, 1.165) is 38.8 Å². The maximum atomic E-state index is 5.55. The second kappa shape index (κ2) is 8.08. The molecule has 0 aromatic carbocycles. The van der Waals surface area contributed by atoms with Crippen LogP contribution in [-0.4, -0.2) is 50.3 Å². The number of nitrogens with zero attached hydrogens (tertiary/aromatic N) is 1. The Labute approximate surface area is 94.2 Å². The number of hydrogen-bond acceptors (Lipinski definition) is 3. The fourth-order valence-corrected chi connectivity index (χ4v) is 2.20. The van der Waals surface area contributed by atoms with Crippen LogP contribution in [0.4, 0.5) is 0 Å². The molecule has 1 fully saturated rings. The first-order valence-corrected chi connectivity index (χ1v) is 6.41. The standard InChI is InChI=1S/C12H26N2O/c1-3-10-15-11-9-14(4-2)12-5-7-13-8-6-12/h12-13H,3-11H2,1-2H3. The minimum Gasteiger partial charge on any atom is -0.380 e. The summed E-state index contributed by atoms with van der Waals surface area (Å²) in [4.78, 5) is 2.57. The van der Waals surface area contributed by atoms with Gasteiger partial charge < -0.3 is 10.1 Å². The highest BCUT2D eigenvalue weighted by atomic mass is 16.5. The van der Waals surface area contributed by atoms with Gasteiger partial charge in [-0.3, -0.25) is 4.90 Å². The highest BCUT2D eigenvalue weighted by molar-refractivity contribution is 4.76. The van der Waals surface area contributed by atoms with Gasteiger partial charge in [-0.05, 0) is 38.9 Å². The second-order valence-corrected chi connectivity index (χ2v) is 4.22. The second-order valence-electron chi connectivity index (χ2n) is 4.22. The van der Waals surface area contributed by atoms with E-state index >= 15 is 0 Å². The van der Waals surface area contributed by atoms with Crippen molar-refractivity contribution < 1.29 is 4.74 Å². The van der Waals surface area contributed by atoms with Crippen molar-refractivity contribution in [1.29, 1.82) is 0 Å². The third kappa shape index (κ3) is 4.96. The van der Waals surface area contributed by atoms with Crippen LogP contribution in [0.15, 0.2) is 0 Å². The molecule has 3 heteroatoms. The fraction of sp³-hybridized carbons (Fsp3) is 1.00. The molecule has 1 rings (SSSR count). The third-order valence-corrected chi connectivity index (χ3v) is 3.10. The minimum absolute atomic E-state index is 0.779. The van der Waals surface area contributed by atoms with Gasteiger partial charge in [-0.25, -0.2) is 0 Å². The number of piperidine rings is 1. The van der Waals surface area contributed by atoms with E-state index in [1.807, 2.05) is 0 Å². The van der Waals surface area contributed by atoms with Crippen LogP contribution in [0.5, 0.6) is 0 Å². The molecule has 0 saturated carbocycles. The summed E-state index contributed by atoms with van der Waals surface area (Å²) < 4.78 is 5.55. The zero-order valence-corrected chi connectivity index (χ0v) is 10.3. The minimum atomic E-state index is 0.779. The van der Waals surface area contributed by atoms with E-state index < -0.39 is 0 Å². The summed E-state index contributed by atoms with van der Waals surface area (Å²) in [5, 5.41) is 3.41. The highest BCUT2D eigenvalue weighted by Crippen LogP contribution is 2.10. The number of hydrogen-bond donors (Lipinski definition) is 1. The van der Waals surface area contributed by atoms with Crippen LogP contribution in [0.1, 0.15) is 33.1 Å². The maximum Gasteiger partial charge on any atom is 0.0593 e. The largest absolute Gasteiger partial charge is 0.380 e. The van der Waals surface area contributed by atoms with E-state index in [4.69, 9.17) is 4.74 Å². The van der Waals surface area contributed by atoms with Crippen molar-refractivity contribution >= 4 is 0 Å². The van der Waals surface area contributed by atoms with Crippen LogP contribution in [0.25, 0.3) is 0 Å². The Hall–Kier alpha value is -0.120. The molecule has 0 bridgehead atoms. The summed E-state index contributed by atoms with van der Waals surface area (Å²) in [5.41, 5.74) is 0. The van der Waals surface area contributed by atoms with E-state index in [1.165, 1.54) is 25.9 Å². The van der Waals surface area contributed by atoms with Gasteiger partial charge in [0.15, 0.2) is 0 Å². The molecule has 1 N–H and O–H groups in total. The zero-order valence-electron chi connectivity index (χ0n) is 10.3. The van der Waals surface area contributed by atoms with E-state index in [-0.39, 0.29) is 0 Å². The van der Waals surface area contributed by atoms with Gasteiger partial charge in [-0.15, -0.1) is 0 Å². The van der Waals surface area contributed by atoms with E-state index in [2.05, 4.69) is 24.1 Å². The Morgan fingerprint density at radius 3 is 2.53 bits per heavy atom. The van der Waals surface area contributed by atoms with Gasteiger partial charge >= 0.3 is 0 Å². The van der Waals surface area contributed by atoms with Crippen LogP contribution in [0, 0.1) is 0 Å². The Balaban J connectivity index is 2.15. The van der Waals surface area contributed by atoms with Crippen molar-refractivity contribution in [2.24, 2.45) is 0 Å². The molecule has 0 spiro atoms. The molecule has 3 nitrogen and oxygen atoms in total. The molecule has 1 heterocycles. The first kappa shape index (κ1) is 12.9. The number of ether oxygens (including phenoxy) is 1. The Morgan fingerprint density at radius 2 is 1.93 bits per heavy atom. The normalized spacial score (nSPS) is 18.6. The molecule has 0 atom stereocenters. The highest BCUT2D eigenvalue weighted by Gasteiger charge is 2.18. The van der Waals surface area contributed by atoms with Crippen molar-refractivity contribution in [3.63, 3.8) is 0 Å². The lowest BCUT2D eigenvalue weighted by Gasteiger charge is -2.33.